The lowest BCUT2D eigenvalue weighted by molar-refractivity contribution is -0.319. The molecule has 0 saturated carbocycles. The summed E-state index contributed by atoms with van der Waals surface area (Å²) in [4.78, 5) is 0. The van der Waals surface area contributed by atoms with Crippen molar-refractivity contribution in [3.63, 3.8) is 0 Å². The molecule has 18 heavy (non-hydrogen) atoms. The minimum Gasteiger partial charge on any atom is -0.394 e. The molecule has 0 bridgehead atoms. The van der Waals surface area contributed by atoms with Crippen LogP contribution in [0.15, 0.2) is 0 Å². The summed E-state index contributed by atoms with van der Waals surface area (Å²) in [6.07, 6.45) is -5.25. The molecule has 0 amide bonds. The van der Waals surface area contributed by atoms with Crippen molar-refractivity contribution in [3.05, 3.63) is 0 Å². The molecule has 1 aliphatic rings. The summed E-state index contributed by atoms with van der Waals surface area (Å²) in [5.74, 6) is -1.48. The Morgan fingerprint density at radius 1 is 1.44 bits per heavy atom. The van der Waals surface area contributed by atoms with Gasteiger partial charge in [-0.3, -0.25) is 0 Å². The van der Waals surface area contributed by atoms with Gasteiger partial charge in [-0.05, 0) is 0 Å². The predicted octanol–water partition coefficient (Wildman–Crippen LogP) is -3.49. The molecule has 1 fully saturated rings. The highest BCUT2D eigenvalue weighted by Gasteiger charge is 2.49. The first-order chi connectivity index (χ1) is 8.40. The number of hydrogen-bond acceptors (Lipinski definition) is 8. The summed E-state index contributed by atoms with van der Waals surface area (Å²) in [7, 11) is 1.28. The molecule has 0 aliphatic carbocycles. The molecule has 0 spiro atoms. The first-order valence-electron chi connectivity index (χ1n) is 5.65. The molecule has 0 aromatic rings. The van der Waals surface area contributed by atoms with Crippen molar-refractivity contribution in [1.82, 2.24) is 0 Å². The van der Waals surface area contributed by atoms with Gasteiger partial charge in [-0.1, -0.05) is 0 Å². The van der Waals surface area contributed by atoms with E-state index in [-0.39, 0.29) is 6.42 Å². The summed E-state index contributed by atoms with van der Waals surface area (Å²) in [5, 5.41) is 47.0. The lowest BCUT2D eigenvalue weighted by atomic mass is 9.89. The smallest absolute Gasteiger partial charge is 0.194 e. The third-order valence-electron chi connectivity index (χ3n) is 3.23. The van der Waals surface area contributed by atoms with E-state index in [9.17, 15) is 20.4 Å². The summed E-state index contributed by atoms with van der Waals surface area (Å²) >= 11 is 0. The Hall–Kier alpha value is -0.320. The molecule has 1 heterocycles. The minimum absolute atomic E-state index is 0.0559. The van der Waals surface area contributed by atoms with Crippen molar-refractivity contribution < 1.29 is 35.0 Å². The van der Waals surface area contributed by atoms with Crippen molar-refractivity contribution in [2.75, 3.05) is 20.3 Å². The van der Waals surface area contributed by atoms with Gasteiger partial charge in [-0.25, -0.2) is 0 Å². The van der Waals surface area contributed by atoms with Crippen LogP contribution < -0.4 is 5.73 Å². The standard InChI is InChI=1S/C10H21NO7/c1-17-10(4-13)2-5(14)7(11)9(18-10)8(16)6(15)3-12/h5-9,12-16H,2-4,11H2,1H3/t5-,6+,7+,8+,9+,10-/m0/s1. The number of hydrogen-bond donors (Lipinski definition) is 6. The third-order valence-corrected chi connectivity index (χ3v) is 3.23. The third kappa shape index (κ3) is 2.98. The zero-order valence-corrected chi connectivity index (χ0v) is 10.1. The Kier molecular flexibility index (Phi) is 5.44. The van der Waals surface area contributed by atoms with Crippen LogP contribution in [0, 0.1) is 0 Å². The van der Waals surface area contributed by atoms with E-state index in [1.807, 2.05) is 0 Å². The van der Waals surface area contributed by atoms with Crippen LogP contribution in [-0.2, 0) is 9.47 Å². The number of aliphatic hydroxyl groups excluding tert-OH is 5. The van der Waals surface area contributed by atoms with Crippen LogP contribution in [-0.4, -0.2) is 82.1 Å². The molecule has 0 unspecified atom stereocenters. The second-order valence-electron chi connectivity index (χ2n) is 4.44. The number of methoxy groups -OCH3 is 1. The fourth-order valence-electron chi connectivity index (χ4n) is 1.97. The molecule has 7 N–H and O–H groups in total. The van der Waals surface area contributed by atoms with E-state index in [0.717, 1.165) is 0 Å². The number of ether oxygens (including phenoxy) is 2. The number of aliphatic hydroxyl groups is 5. The van der Waals surface area contributed by atoms with Gasteiger partial charge in [0, 0.05) is 13.5 Å². The molecule has 0 aromatic heterocycles. The largest absolute Gasteiger partial charge is 0.394 e. The highest BCUT2D eigenvalue weighted by Crippen LogP contribution is 2.31. The average Bonchev–Trinajstić information content (AvgIpc) is 2.40. The summed E-state index contributed by atoms with van der Waals surface area (Å²) in [6.45, 7) is -1.21. The van der Waals surface area contributed by atoms with E-state index < -0.39 is 49.5 Å². The van der Waals surface area contributed by atoms with Gasteiger partial charge in [-0.2, -0.15) is 0 Å². The first-order valence-corrected chi connectivity index (χ1v) is 5.65. The Morgan fingerprint density at radius 2 is 2.06 bits per heavy atom. The van der Waals surface area contributed by atoms with Crippen LogP contribution in [0.5, 0.6) is 0 Å². The van der Waals surface area contributed by atoms with Crippen LogP contribution in [0.25, 0.3) is 0 Å². The fraction of sp³-hybridized carbons (Fsp3) is 1.00. The second-order valence-corrected chi connectivity index (χ2v) is 4.44. The van der Waals surface area contributed by atoms with Gasteiger partial charge in [0.25, 0.3) is 0 Å². The van der Waals surface area contributed by atoms with Crippen LogP contribution >= 0.6 is 0 Å². The number of rotatable bonds is 5. The molecule has 1 aliphatic heterocycles. The SMILES string of the molecule is CO[C@@]1(CO)C[C@H](O)[C@@H](N)[C@H]([C@H](O)[C@H](O)CO)O1. The molecule has 6 atom stereocenters. The molecule has 1 rings (SSSR count). The van der Waals surface area contributed by atoms with Gasteiger partial charge < -0.3 is 40.7 Å². The van der Waals surface area contributed by atoms with Crippen molar-refractivity contribution >= 4 is 0 Å². The lowest BCUT2D eigenvalue weighted by Crippen LogP contribution is -2.65. The summed E-state index contributed by atoms with van der Waals surface area (Å²) < 4.78 is 10.4. The van der Waals surface area contributed by atoms with E-state index in [1.54, 1.807) is 0 Å². The van der Waals surface area contributed by atoms with Gasteiger partial charge in [0.2, 0.25) is 0 Å². The van der Waals surface area contributed by atoms with Crippen molar-refractivity contribution in [2.24, 2.45) is 5.73 Å². The Morgan fingerprint density at radius 3 is 2.50 bits per heavy atom. The molecule has 8 nitrogen and oxygen atoms in total. The molecular weight excluding hydrogens is 246 g/mol. The van der Waals surface area contributed by atoms with E-state index in [0.29, 0.717) is 0 Å². The lowest BCUT2D eigenvalue weighted by Gasteiger charge is -2.46. The normalized spacial score (nSPS) is 40.5. The maximum Gasteiger partial charge on any atom is 0.194 e. The fourth-order valence-corrected chi connectivity index (χ4v) is 1.97. The highest BCUT2D eigenvalue weighted by molar-refractivity contribution is 4.96. The van der Waals surface area contributed by atoms with Gasteiger partial charge in [-0.15, -0.1) is 0 Å². The Labute approximate surface area is 105 Å². The van der Waals surface area contributed by atoms with Gasteiger partial charge in [0.1, 0.15) is 18.3 Å². The van der Waals surface area contributed by atoms with E-state index >= 15 is 0 Å². The quantitative estimate of drug-likeness (QED) is 0.301. The maximum atomic E-state index is 9.80. The Balaban J connectivity index is 2.88. The molecule has 0 radical (unpaired) electrons. The highest BCUT2D eigenvalue weighted by atomic mass is 16.7. The topological polar surface area (TPSA) is 146 Å². The van der Waals surface area contributed by atoms with Gasteiger partial charge in [0.15, 0.2) is 5.79 Å². The zero-order valence-electron chi connectivity index (χ0n) is 10.1. The van der Waals surface area contributed by atoms with Crippen LogP contribution in [0.3, 0.4) is 0 Å². The van der Waals surface area contributed by atoms with Crippen LogP contribution in [0.1, 0.15) is 6.42 Å². The van der Waals surface area contributed by atoms with Crippen molar-refractivity contribution in [1.29, 1.82) is 0 Å². The number of nitrogens with two attached hydrogens (primary N) is 1. The van der Waals surface area contributed by atoms with Gasteiger partial charge in [0.05, 0.1) is 25.4 Å². The maximum absolute atomic E-state index is 9.80. The molecule has 8 heteroatoms. The van der Waals surface area contributed by atoms with Crippen molar-refractivity contribution in [3.8, 4) is 0 Å². The van der Waals surface area contributed by atoms with Crippen LogP contribution in [0.4, 0.5) is 0 Å². The first kappa shape index (κ1) is 15.7. The minimum atomic E-state index is -1.50. The molecule has 0 aromatic carbocycles. The monoisotopic (exact) mass is 267 g/mol. The van der Waals surface area contributed by atoms with E-state index in [1.165, 1.54) is 7.11 Å². The summed E-state index contributed by atoms with van der Waals surface area (Å²) in [6, 6.07) is -0.962. The molecular formula is C10H21NO7. The van der Waals surface area contributed by atoms with Gasteiger partial charge >= 0.3 is 0 Å². The van der Waals surface area contributed by atoms with E-state index in [2.05, 4.69) is 0 Å². The van der Waals surface area contributed by atoms with Crippen molar-refractivity contribution in [2.45, 2.75) is 42.7 Å². The van der Waals surface area contributed by atoms with E-state index in [4.69, 9.17) is 20.3 Å². The Bertz CT molecular complexity index is 261. The molecule has 108 valence electrons. The molecule has 1 saturated heterocycles. The summed E-state index contributed by atoms with van der Waals surface area (Å²) in [5.41, 5.74) is 5.68. The average molecular weight is 267 g/mol. The second kappa shape index (κ2) is 6.22. The predicted molar refractivity (Wildman–Crippen MR) is 59.4 cm³/mol. The zero-order chi connectivity index (χ0) is 13.9. The van der Waals surface area contributed by atoms with Crippen LogP contribution in [0.2, 0.25) is 0 Å².